The highest BCUT2D eigenvalue weighted by molar-refractivity contribution is 5.45. The van der Waals surface area contributed by atoms with Crippen molar-refractivity contribution in [1.82, 2.24) is 10.1 Å². The molecule has 0 saturated heterocycles. The predicted octanol–water partition coefficient (Wildman–Crippen LogP) is 2.94. The molecule has 0 unspecified atom stereocenters. The number of hydrogen-bond acceptors (Lipinski definition) is 6. The van der Waals surface area contributed by atoms with Gasteiger partial charge in [0.15, 0.2) is 23.1 Å². The van der Waals surface area contributed by atoms with Gasteiger partial charge in [-0.1, -0.05) is 11.2 Å². The fraction of sp³-hybridized carbons (Fsp3) is 0.200. The summed E-state index contributed by atoms with van der Waals surface area (Å²) in [6, 6.07) is 9.22. The third-order valence-electron chi connectivity index (χ3n) is 3.01. The van der Waals surface area contributed by atoms with Gasteiger partial charge in [0.05, 0.1) is 20.5 Å². The monoisotopic (exact) mass is 286 g/mol. The molecule has 0 amide bonds. The van der Waals surface area contributed by atoms with Gasteiger partial charge in [-0.25, -0.2) is 0 Å². The predicted molar refractivity (Wildman–Crippen MR) is 74.4 cm³/mol. The van der Waals surface area contributed by atoms with Gasteiger partial charge in [-0.15, -0.1) is 0 Å². The van der Waals surface area contributed by atoms with Crippen molar-refractivity contribution in [1.29, 1.82) is 0 Å². The topological polar surface area (TPSA) is 70.5 Å². The number of ether oxygens (including phenoxy) is 2. The number of aromatic nitrogens is 2. The largest absolute Gasteiger partial charge is 0.493 e. The molecule has 1 aromatic carbocycles. The Kier molecular flexibility index (Phi) is 3.59. The van der Waals surface area contributed by atoms with Crippen LogP contribution in [-0.2, 0) is 6.42 Å². The minimum Gasteiger partial charge on any atom is -0.493 e. The van der Waals surface area contributed by atoms with Crippen molar-refractivity contribution in [2.75, 3.05) is 14.2 Å². The van der Waals surface area contributed by atoms with Crippen LogP contribution in [0.25, 0.3) is 11.7 Å². The van der Waals surface area contributed by atoms with E-state index in [4.69, 9.17) is 18.4 Å². The highest BCUT2D eigenvalue weighted by Crippen LogP contribution is 2.28. The van der Waals surface area contributed by atoms with E-state index in [0.29, 0.717) is 35.4 Å². The van der Waals surface area contributed by atoms with E-state index in [0.717, 1.165) is 5.56 Å². The van der Waals surface area contributed by atoms with Crippen molar-refractivity contribution >= 4 is 0 Å². The molecule has 3 rings (SSSR count). The van der Waals surface area contributed by atoms with Crippen molar-refractivity contribution in [2.24, 2.45) is 0 Å². The number of rotatable bonds is 5. The third kappa shape index (κ3) is 2.74. The summed E-state index contributed by atoms with van der Waals surface area (Å²) in [5.74, 6) is 2.86. The summed E-state index contributed by atoms with van der Waals surface area (Å²) in [6.07, 6.45) is 2.10. The van der Waals surface area contributed by atoms with Gasteiger partial charge in [-0.2, -0.15) is 4.98 Å². The lowest BCUT2D eigenvalue weighted by Gasteiger charge is -2.08. The molecule has 6 nitrogen and oxygen atoms in total. The second kappa shape index (κ2) is 5.70. The summed E-state index contributed by atoms with van der Waals surface area (Å²) < 4.78 is 20.9. The molecular weight excluding hydrogens is 272 g/mol. The van der Waals surface area contributed by atoms with Crippen molar-refractivity contribution in [2.45, 2.75) is 6.42 Å². The maximum absolute atomic E-state index is 5.27. The molecule has 0 spiro atoms. The van der Waals surface area contributed by atoms with Gasteiger partial charge >= 0.3 is 0 Å². The molecule has 0 N–H and O–H groups in total. The van der Waals surface area contributed by atoms with Crippen LogP contribution in [0.4, 0.5) is 0 Å². The molecule has 0 aliphatic carbocycles. The summed E-state index contributed by atoms with van der Waals surface area (Å²) in [5.41, 5.74) is 0.999. The Labute approximate surface area is 121 Å². The first-order valence-corrected chi connectivity index (χ1v) is 6.37. The van der Waals surface area contributed by atoms with E-state index in [2.05, 4.69) is 10.1 Å². The molecule has 2 aromatic heterocycles. The fourth-order valence-electron chi connectivity index (χ4n) is 2.00. The minimum absolute atomic E-state index is 0.371. The van der Waals surface area contributed by atoms with Crippen LogP contribution in [0.3, 0.4) is 0 Å². The number of furan rings is 1. The summed E-state index contributed by atoms with van der Waals surface area (Å²) in [6.45, 7) is 0. The van der Waals surface area contributed by atoms with Crippen LogP contribution in [0.15, 0.2) is 45.5 Å². The lowest BCUT2D eigenvalue weighted by Crippen LogP contribution is -1.95. The number of methoxy groups -OCH3 is 2. The number of hydrogen-bond donors (Lipinski definition) is 0. The van der Waals surface area contributed by atoms with Gasteiger partial charge in [-0.05, 0) is 29.8 Å². The van der Waals surface area contributed by atoms with E-state index >= 15 is 0 Å². The van der Waals surface area contributed by atoms with Gasteiger partial charge < -0.3 is 18.4 Å². The zero-order valence-corrected chi connectivity index (χ0v) is 11.7. The second-order valence-corrected chi connectivity index (χ2v) is 4.36. The molecule has 0 aliphatic rings. The van der Waals surface area contributed by atoms with Crippen LogP contribution in [0.2, 0.25) is 0 Å². The first-order valence-electron chi connectivity index (χ1n) is 6.37. The van der Waals surface area contributed by atoms with E-state index in [1.165, 1.54) is 0 Å². The van der Waals surface area contributed by atoms with Crippen LogP contribution in [0.5, 0.6) is 11.5 Å². The molecule has 0 saturated carbocycles. The molecule has 2 heterocycles. The Morgan fingerprint density at radius 3 is 2.67 bits per heavy atom. The van der Waals surface area contributed by atoms with Crippen LogP contribution < -0.4 is 9.47 Å². The Bertz CT molecular complexity index is 719. The molecule has 0 aliphatic heterocycles. The third-order valence-corrected chi connectivity index (χ3v) is 3.01. The van der Waals surface area contributed by atoms with Crippen LogP contribution in [0, 0.1) is 0 Å². The van der Waals surface area contributed by atoms with Gasteiger partial charge in [-0.3, -0.25) is 0 Å². The molecule has 3 aromatic rings. The molecule has 6 heteroatoms. The lowest BCUT2D eigenvalue weighted by atomic mass is 10.1. The van der Waals surface area contributed by atoms with Crippen LogP contribution in [0.1, 0.15) is 11.4 Å². The molecule has 108 valence electrons. The minimum atomic E-state index is 0.371. The van der Waals surface area contributed by atoms with Gasteiger partial charge in [0.1, 0.15) is 0 Å². The summed E-state index contributed by atoms with van der Waals surface area (Å²) >= 11 is 0. The van der Waals surface area contributed by atoms with E-state index in [-0.39, 0.29) is 0 Å². The van der Waals surface area contributed by atoms with E-state index in [1.54, 1.807) is 32.6 Å². The summed E-state index contributed by atoms with van der Waals surface area (Å²) in [4.78, 5) is 4.30. The zero-order chi connectivity index (χ0) is 14.7. The van der Waals surface area contributed by atoms with Crippen molar-refractivity contribution in [3.8, 4) is 23.1 Å². The highest BCUT2D eigenvalue weighted by Gasteiger charge is 2.12. The van der Waals surface area contributed by atoms with Crippen molar-refractivity contribution in [3.05, 3.63) is 48.0 Å². The SMILES string of the molecule is COc1ccc(Cc2noc(-c3ccco3)n2)cc1OC. The quantitative estimate of drug-likeness (QED) is 0.718. The smallest absolute Gasteiger partial charge is 0.293 e. The second-order valence-electron chi connectivity index (χ2n) is 4.36. The Hall–Kier alpha value is -2.76. The molecule has 0 fully saturated rings. The number of benzene rings is 1. The summed E-state index contributed by atoms with van der Waals surface area (Å²) in [5, 5.41) is 3.95. The Morgan fingerprint density at radius 2 is 1.95 bits per heavy atom. The Morgan fingerprint density at radius 1 is 1.10 bits per heavy atom. The standard InChI is InChI=1S/C15H14N2O4/c1-18-11-6-5-10(8-13(11)19-2)9-14-16-15(21-17-14)12-4-3-7-20-12/h3-8H,9H2,1-2H3. The molecular formula is C15H14N2O4. The fourth-order valence-corrected chi connectivity index (χ4v) is 2.00. The van der Waals surface area contributed by atoms with Crippen molar-refractivity contribution < 1.29 is 18.4 Å². The molecule has 0 bridgehead atoms. The first-order chi connectivity index (χ1) is 10.3. The van der Waals surface area contributed by atoms with Crippen LogP contribution >= 0.6 is 0 Å². The van der Waals surface area contributed by atoms with Crippen LogP contribution in [-0.4, -0.2) is 24.4 Å². The molecule has 0 radical (unpaired) electrons. The van der Waals surface area contributed by atoms with E-state index in [9.17, 15) is 0 Å². The maximum atomic E-state index is 5.27. The lowest BCUT2D eigenvalue weighted by molar-refractivity contribution is 0.354. The molecule has 0 atom stereocenters. The van der Waals surface area contributed by atoms with Crippen molar-refractivity contribution in [3.63, 3.8) is 0 Å². The van der Waals surface area contributed by atoms with E-state index < -0.39 is 0 Å². The Balaban J connectivity index is 1.81. The summed E-state index contributed by atoms with van der Waals surface area (Å²) in [7, 11) is 3.21. The van der Waals surface area contributed by atoms with Gasteiger partial charge in [0, 0.05) is 6.42 Å². The highest BCUT2D eigenvalue weighted by atomic mass is 16.5. The average Bonchev–Trinajstić information content (AvgIpc) is 3.17. The molecule has 21 heavy (non-hydrogen) atoms. The van der Waals surface area contributed by atoms with E-state index in [1.807, 2.05) is 18.2 Å². The normalized spacial score (nSPS) is 10.6. The first kappa shape index (κ1) is 13.2. The van der Waals surface area contributed by atoms with Gasteiger partial charge in [0.25, 0.3) is 5.89 Å². The maximum Gasteiger partial charge on any atom is 0.293 e. The zero-order valence-electron chi connectivity index (χ0n) is 11.7. The van der Waals surface area contributed by atoms with Gasteiger partial charge in [0.2, 0.25) is 0 Å². The average molecular weight is 286 g/mol. The number of nitrogens with zero attached hydrogens (tertiary/aromatic N) is 2.